The molecular weight excluding hydrogens is 420 g/mol. The zero-order chi connectivity index (χ0) is 22.8. The SMILES string of the molecule is C[C@@H](NC(=O)c1ccc(=O)n(-c2ccncc2F)n1)c1cccc(C(F)(F)CO)c1F. The molecule has 2 heterocycles. The zero-order valence-electron chi connectivity index (χ0n) is 16.0. The Bertz CT molecular complexity index is 1180. The minimum atomic E-state index is -3.80. The molecule has 3 rings (SSSR count). The number of carbonyl (C=O) groups is 1. The Morgan fingerprint density at radius 2 is 1.97 bits per heavy atom. The summed E-state index contributed by atoms with van der Waals surface area (Å²) >= 11 is 0. The second-order valence-electron chi connectivity index (χ2n) is 6.56. The highest BCUT2D eigenvalue weighted by molar-refractivity contribution is 5.92. The van der Waals surface area contributed by atoms with Gasteiger partial charge in [-0.1, -0.05) is 12.1 Å². The Morgan fingerprint density at radius 3 is 2.65 bits per heavy atom. The fourth-order valence-corrected chi connectivity index (χ4v) is 2.84. The molecule has 2 N–H and O–H groups in total. The van der Waals surface area contributed by atoms with Crippen LogP contribution in [0.25, 0.3) is 5.69 Å². The average molecular weight is 436 g/mol. The lowest BCUT2D eigenvalue weighted by Crippen LogP contribution is -2.31. The van der Waals surface area contributed by atoms with Crippen LogP contribution in [0, 0.1) is 11.6 Å². The maximum Gasteiger partial charge on any atom is 0.298 e. The predicted molar refractivity (Wildman–Crippen MR) is 101 cm³/mol. The molecule has 1 aromatic carbocycles. The number of rotatable bonds is 6. The van der Waals surface area contributed by atoms with E-state index in [4.69, 9.17) is 5.11 Å². The van der Waals surface area contributed by atoms with Crippen LogP contribution in [0.2, 0.25) is 0 Å². The summed E-state index contributed by atoms with van der Waals surface area (Å²) in [4.78, 5) is 28.2. The molecule has 1 amide bonds. The van der Waals surface area contributed by atoms with Crippen molar-refractivity contribution in [3.63, 3.8) is 0 Å². The molecule has 31 heavy (non-hydrogen) atoms. The predicted octanol–water partition coefficient (Wildman–Crippen LogP) is 2.48. The van der Waals surface area contributed by atoms with Crippen molar-refractivity contribution in [3.8, 4) is 5.69 Å². The van der Waals surface area contributed by atoms with Crippen molar-refractivity contribution in [2.45, 2.75) is 18.9 Å². The van der Waals surface area contributed by atoms with Gasteiger partial charge in [0.2, 0.25) is 0 Å². The van der Waals surface area contributed by atoms with Gasteiger partial charge in [0.15, 0.2) is 5.82 Å². The van der Waals surface area contributed by atoms with Gasteiger partial charge in [-0.25, -0.2) is 8.78 Å². The third-order valence-electron chi connectivity index (χ3n) is 4.45. The van der Waals surface area contributed by atoms with Crippen molar-refractivity contribution in [3.05, 3.63) is 87.6 Å². The summed E-state index contributed by atoms with van der Waals surface area (Å²) in [5.41, 5.74) is -2.48. The molecule has 0 aliphatic rings. The molecule has 0 saturated carbocycles. The molecule has 0 unspecified atom stereocenters. The van der Waals surface area contributed by atoms with Gasteiger partial charge in [0.25, 0.3) is 17.4 Å². The fourth-order valence-electron chi connectivity index (χ4n) is 2.84. The van der Waals surface area contributed by atoms with Gasteiger partial charge >= 0.3 is 0 Å². The number of halogens is 4. The summed E-state index contributed by atoms with van der Waals surface area (Å²) in [6.07, 6.45) is 2.11. The Hall–Kier alpha value is -3.60. The van der Waals surface area contributed by atoms with Gasteiger partial charge in [0.05, 0.1) is 17.8 Å². The lowest BCUT2D eigenvalue weighted by molar-refractivity contribution is -0.0584. The number of alkyl halides is 2. The molecule has 1 atom stereocenters. The summed E-state index contributed by atoms with van der Waals surface area (Å²) in [7, 11) is 0. The van der Waals surface area contributed by atoms with E-state index >= 15 is 0 Å². The molecule has 0 fully saturated rings. The van der Waals surface area contributed by atoms with E-state index in [1.54, 1.807) is 0 Å². The molecule has 7 nitrogen and oxygen atoms in total. The first-order valence-corrected chi connectivity index (χ1v) is 8.94. The first-order valence-electron chi connectivity index (χ1n) is 8.94. The van der Waals surface area contributed by atoms with Crippen LogP contribution in [0.15, 0.2) is 53.6 Å². The van der Waals surface area contributed by atoms with Crippen molar-refractivity contribution in [2.75, 3.05) is 6.61 Å². The Labute approximate surface area is 173 Å². The Kier molecular flexibility index (Phi) is 6.16. The van der Waals surface area contributed by atoms with Gasteiger partial charge in [-0.2, -0.15) is 18.6 Å². The summed E-state index contributed by atoms with van der Waals surface area (Å²) in [5.74, 6) is -6.76. The number of hydrogen-bond acceptors (Lipinski definition) is 5. The second kappa shape index (κ2) is 8.64. The molecule has 0 bridgehead atoms. The van der Waals surface area contributed by atoms with Crippen molar-refractivity contribution < 1.29 is 27.5 Å². The largest absolute Gasteiger partial charge is 0.390 e. The van der Waals surface area contributed by atoms with Gasteiger partial charge in [-0.05, 0) is 25.1 Å². The van der Waals surface area contributed by atoms with E-state index in [0.29, 0.717) is 4.68 Å². The summed E-state index contributed by atoms with van der Waals surface area (Å²) in [5, 5.41) is 15.0. The fraction of sp³-hybridized carbons (Fsp3) is 0.200. The van der Waals surface area contributed by atoms with Crippen LogP contribution in [-0.4, -0.2) is 32.4 Å². The smallest absolute Gasteiger partial charge is 0.298 e. The van der Waals surface area contributed by atoms with Crippen LogP contribution in [-0.2, 0) is 5.92 Å². The number of carbonyl (C=O) groups excluding carboxylic acids is 1. The standard InChI is InChI=1S/C20H16F4N4O3/c1-11(12-3-2-4-13(18(12)22)20(23,24)10-29)26-19(31)15-5-6-17(30)28(27-15)16-7-8-25-9-14(16)21/h2-9,11,29H,10H2,1H3,(H,26,31)/t11-/m1/s1. The van der Waals surface area contributed by atoms with Crippen LogP contribution in [0.1, 0.15) is 34.6 Å². The minimum absolute atomic E-state index is 0.229. The zero-order valence-corrected chi connectivity index (χ0v) is 16.0. The number of hydrogen-bond donors (Lipinski definition) is 2. The third kappa shape index (κ3) is 4.45. The van der Waals surface area contributed by atoms with E-state index in [-0.39, 0.29) is 16.9 Å². The van der Waals surface area contributed by atoms with E-state index in [2.05, 4.69) is 15.4 Å². The normalized spacial score (nSPS) is 12.5. The van der Waals surface area contributed by atoms with E-state index in [9.17, 15) is 27.2 Å². The van der Waals surface area contributed by atoms with Gasteiger partial charge in [0, 0.05) is 17.8 Å². The number of nitrogens with one attached hydrogen (secondary N) is 1. The Balaban J connectivity index is 1.89. The maximum atomic E-state index is 14.6. The van der Waals surface area contributed by atoms with Gasteiger partial charge in [-0.3, -0.25) is 14.6 Å². The molecule has 162 valence electrons. The number of aliphatic hydroxyl groups is 1. The lowest BCUT2D eigenvalue weighted by Gasteiger charge is -2.20. The van der Waals surface area contributed by atoms with Crippen LogP contribution >= 0.6 is 0 Å². The second-order valence-corrected chi connectivity index (χ2v) is 6.56. The molecule has 0 aliphatic carbocycles. The third-order valence-corrected chi connectivity index (χ3v) is 4.45. The monoisotopic (exact) mass is 436 g/mol. The number of aliphatic hydroxyl groups excluding tert-OH is 1. The molecule has 0 radical (unpaired) electrons. The first kappa shape index (κ1) is 22.1. The van der Waals surface area contributed by atoms with Gasteiger partial charge in [0.1, 0.15) is 23.8 Å². The molecule has 0 aliphatic heterocycles. The number of benzene rings is 1. The minimum Gasteiger partial charge on any atom is -0.390 e. The highest BCUT2D eigenvalue weighted by Gasteiger charge is 2.35. The number of amides is 1. The topological polar surface area (TPSA) is 97.1 Å². The quantitative estimate of drug-likeness (QED) is 0.579. The lowest BCUT2D eigenvalue weighted by atomic mass is 10.0. The molecule has 11 heteroatoms. The maximum absolute atomic E-state index is 14.6. The summed E-state index contributed by atoms with van der Waals surface area (Å²) in [6, 6.07) is 5.42. The number of aromatic nitrogens is 3. The summed E-state index contributed by atoms with van der Waals surface area (Å²) in [6.45, 7) is -0.221. The highest BCUT2D eigenvalue weighted by Crippen LogP contribution is 2.32. The molecular formula is C20H16F4N4O3. The van der Waals surface area contributed by atoms with E-state index in [0.717, 1.165) is 24.4 Å². The van der Waals surface area contributed by atoms with Gasteiger partial charge < -0.3 is 10.4 Å². The first-order chi connectivity index (χ1) is 14.7. The van der Waals surface area contributed by atoms with E-state index < -0.39 is 47.2 Å². The van der Waals surface area contributed by atoms with Crippen LogP contribution in [0.4, 0.5) is 17.6 Å². The van der Waals surface area contributed by atoms with Crippen molar-refractivity contribution in [1.82, 2.24) is 20.1 Å². The van der Waals surface area contributed by atoms with Crippen LogP contribution in [0.5, 0.6) is 0 Å². The van der Waals surface area contributed by atoms with E-state index in [1.807, 2.05) is 0 Å². The van der Waals surface area contributed by atoms with Crippen molar-refractivity contribution in [1.29, 1.82) is 0 Å². The highest BCUT2D eigenvalue weighted by atomic mass is 19.3. The average Bonchev–Trinajstić information content (AvgIpc) is 2.74. The van der Waals surface area contributed by atoms with Crippen molar-refractivity contribution in [2.24, 2.45) is 0 Å². The molecule has 0 spiro atoms. The van der Waals surface area contributed by atoms with Crippen LogP contribution in [0.3, 0.4) is 0 Å². The van der Waals surface area contributed by atoms with E-state index in [1.165, 1.54) is 31.3 Å². The Morgan fingerprint density at radius 1 is 1.23 bits per heavy atom. The summed E-state index contributed by atoms with van der Waals surface area (Å²) < 4.78 is 56.7. The van der Waals surface area contributed by atoms with Crippen LogP contribution < -0.4 is 10.9 Å². The van der Waals surface area contributed by atoms with Crippen molar-refractivity contribution >= 4 is 5.91 Å². The molecule has 3 aromatic rings. The number of nitrogens with zero attached hydrogens (tertiary/aromatic N) is 3. The molecule has 0 saturated heterocycles. The number of pyridine rings is 1. The van der Waals surface area contributed by atoms with Gasteiger partial charge in [-0.15, -0.1) is 0 Å². The molecule has 2 aromatic heterocycles.